The number of benzene rings is 1. The molecule has 0 saturated heterocycles. The molecule has 0 fully saturated rings. The van der Waals surface area contributed by atoms with E-state index in [1.165, 1.54) is 0 Å². The Balaban J connectivity index is 2.31. The smallest absolute Gasteiger partial charge is 0.0465 e. The molecule has 0 aliphatic rings. The zero-order valence-electron chi connectivity index (χ0n) is 10.5. The molecule has 4 heteroatoms. The Morgan fingerprint density at radius 2 is 1.88 bits per heavy atom. The van der Waals surface area contributed by atoms with Gasteiger partial charge in [-0.1, -0.05) is 43.1 Å². The highest BCUT2D eigenvalue weighted by Gasteiger charge is 2.01. The van der Waals surface area contributed by atoms with Gasteiger partial charge in [0.05, 0.1) is 0 Å². The van der Waals surface area contributed by atoms with Crippen molar-refractivity contribution in [1.29, 1.82) is 0 Å². The summed E-state index contributed by atoms with van der Waals surface area (Å²) in [5.74, 6) is 0. The van der Waals surface area contributed by atoms with E-state index in [0.717, 1.165) is 43.3 Å². The summed E-state index contributed by atoms with van der Waals surface area (Å²) in [6.07, 6.45) is 0. The van der Waals surface area contributed by atoms with Gasteiger partial charge in [0.15, 0.2) is 0 Å². The van der Waals surface area contributed by atoms with Crippen LogP contribution in [0.15, 0.2) is 18.2 Å². The molecule has 96 valence electrons. The van der Waals surface area contributed by atoms with Gasteiger partial charge in [0.25, 0.3) is 0 Å². The van der Waals surface area contributed by atoms with Crippen molar-refractivity contribution in [3.8, 4) is 0 Å². The lowest BCUT2D eigenvalue weighted by molar-refractivity contribution is 0.302. The largest absolute Gasteiger partial charge is 0.311 e. The van der Waals surface area contributed by atoms with E-state index >= 15 is 0 Å². The molecule has 2 nitrogen and oxygen atoms in total. The molecule has 0 unspecified atom stereocenters. The SMILES string of the molecule is CCN(CC)CCNCc1ccc(Cl)cc1Cl. The molecular formula is C13H20Cl2N2. The maximum atomic E-state index is 6.09. The van der Waals surface area contributed by atoms with Crippen molar-refractivity contribution in [3.05, 3.63) is 33.8 Å². The van der Waals surface area contributed by atoms with Crippen LogP contribution in [0.1, 0.15) is 19.4 Å². The van der Waals surface area contributed by atoms with E-state index in [0.29, 0.717) is 5.02 Å². The van der Waals surface area contributed by atoms with Crippen LogP contribution in [0.25, 0.3) is 0 Å². The maximum Gasteiger partial charge on any atom is 0.0465 e. The normalized spacial score (nSPS) is 11.1. The van der Waals surface area contributed by atoms with Crippen LogP contribution in [-0.2, 0) is 6.54 Å². The lowest BCUT2D eigenvalue weighted by Gasteiger charge is -2.18. The third kappa shape index (κ3) is 5.26. The number of hydrogen-bond acceptors (Lipinski definition) is 2. The molecule has 0 amide bonds. The zero-order valence-corrected chi connectivity index (χ0v) is 12.0. The standard InChI is InChI=1S/C13H20Cl2N2/c1-3-17(4-2)8-7-16-10-11-5-6-12(14)9-13(11)15/h5-6,9,16H,3-4,7-8,10H2,1-2H3. The highest BCUT2D eigenvalue weighted by Crippen LogP contribution is 2.20. The van der Waals surface area contributed by atoms with E-state index in [1.807, 2.05) is 12.1 Å². The summed E-state index contributed by atoms with van der Waals surface area (Å²) >= 11 is 11.9. The van der Waals surface area contributed by atoms with Crippen molar-refractivity contribution in [2.75, 3.05) is 26.2 Å². The van der Waals surface area contributed by atoms with Crippen molar-refractivity contribution in [1.82, 2.24) is 10.2 Å². The molecule has 0 aliphatic heterocycles. The van der Waals surface area contributed by atoms with Gasteiger partial charge in [0.1, 0.15) is 0 Å². The summed E-state index contributed by atoms with van der Waals surface area (Å²) in [6, 6.07) is 5.62. The monoisotopic (exact) mass is 274 g/mol. The maximum absolute atomic E-state index is 6.09. The first-order valence-electron chi connectivity index (χ1n) is 6.04. The van der Waals surface area contributed by atoms with E-state index < -0.39 is 0 Å². The number of rotatable bonds is 7. The lowest BCUT2D eigenvalue weighted by atomic mass is 10.2. The van der Waals surface area contributed by atoms with Crippen LogP contribution in [0.5, 0.6) is 0 Å². The number of likely N-dealkylation sites (N-methyl/N-ethyl adjacent to an activating group) is 1. The number of hydrogen-bond donors (Lipinski definition) is 1. The van der Waals surface area contributed by atoms with Crippen molar-refractivity contribution in [3.63, 3.8) is 0 Å². The Labute approximate surface area is 114 Å². The Kier molecular flexibility index (Phi) is 6.90. The number of nitrogens with zero attached hydrogens (tertiary/aromatic N) is 1. The third-order valence-electron chi connectivity index (χ3n) is 2.83. The van der Waals surface area contributed by atoms with E-state index in [2.05, 4.69) is 24.1 Å². The Hall–Kier alpha value is -0.280. The number of halogens is 2. The fourth-order valence-electron chi connectivity index (χ4n) is 1.67. The molecule has 0 bridgehead atoms. The molecule has 1 aromatic rings. The van der Waals surface area contributed by atoms with Crippen molar-refractivity contribution < 1.29 is 0 Å². The predicted molar refractivity (Wildman–Crippen MR) is 76.0 cm³/mol. The average Bonchev–Trinajstić information content (AvgIpc) is 2.32. The van der Waals surface area contributed by atoms with Crippen LogP contribution in [-0.4, -0.2) is 31.1 Å². The van der Waals surface area contributed by atoms with Gasteiger partial charge in [-0.25, -0.2) is 0 Å². The number of nitrogens with one attached hydrogen (secondary N) is 1. The van der Waals surface area contributed by atoms with Crippen molar-refractivity contribution >= 4 is 23.2 Å². The van der Waals surface area contributed by atoms with Crippen LogP contribution >= 0.6 is 23.2 Å². The van der Waals surface area contributed by atoms with Crippen LogP contribution in [0, 0.1) is 0 Å². The zero-order chi connectivity index (χ0) is 12.7. The van der Waals surface area contributed by atoms with Gasteiger partial charge in [-0.3, -0.25) is 0 Å². The summed E-state index contributed by atoms with van der Waals surface area (Å²) in [4.78, 5) is 2.39. The van der Waals surface area contributed by atoms with Crippen LogP contribution in [0.4, 0.5) is 0 Å². The highest BCUT2D eigenvalue weighted by molar-refractivity contribution is 6.35. The topological polar surface area (TPSA) is 15.3 Å². The van der Waals surface area contributed by atoms with Crippen LogP contribution < -0.4 is 5.32 Å². The molecule has 17 heavy (non-hydrogen) atoms. The summed E-state index contributed by atoms with van der Waals surface area (Å²) in [5, 5.41) is 4.80. The molecule has 0 spiro atoms. The van der Waals surface area contributed by atoms with Gasteiger partial charge in [-0.15, -0.1) is 0 Å². The van der Waals surface area contributed by atoms with Gasteiger partial charge < -0.3 is 10.2 Å². The first kappa shape index (κ1) is 14.8. The minimum atomic E-state index is 0.682. The highest BCUT2D eigenvalue weighted by atomic mass is 35.5. The Morgan fingerprint density at radius 1 is 1.18 bits per heavy atom. The molecule has 1 N–H and O–H groups in total. The predicted octanol–water partition coefficient (Wildman–Crippen LogP) is 3.42. The van der Waals surface area contributed by atoms with Gasteiger partial charge in [-0.2, -0.15) is 0 Å². The minimum Gasteiger partial charge on any atom is -0.311 e. The van der Waals surface area contributed by atoms with Gasteiger partial charge in [0, 0.05) is 29.7 Å². The first-order chi connectivity index (χ1) is 8.17. The molecule has 0 saturated carbocycles. The molecule has 0 atom stereocenters. The van der Waals surface area contributed by atoms with Gasteiger partial charge >= 0.3 is 0 Å². The summed E-state index contributed by atoms with van der Waals surface area (Å²) in [7, 11) is 0. The van der Waals surface area contributed by atoms with E-state index in [9.17, 15) is 0 Å². The van der Waals surface area contributed by atoms with Crippen molar-refractivity contribution in [2.24, 2.45) is 0 Å². The second-order valence-corrected chi connectivity index (χ2v) is 4.78. The van der Waals surface area contributed by atoms with E-state index in [1.54, 1.807) is 6.07 Å². The molecule has 0 aromatic heterocycles. The van der Waals surface area contributed by atoms with Crippen molar-refractivity contribution in [2.45, 2.75) is 20.4 Å². The molecule has 0 radical (unpaired) electrons. The fraction of sp³-hybridized carbons (Fsp3) is 0.538. The molecule has 1 rings (SSSR count). The van der Waals surface area contributed by atoms with Gasteiger partial charge in [-0.05, 0) is 30.8 Å². The summed E-state index contributed by atoms with van der Waals surface area (Å²) in [6.45, 7) is 9.38. The summed E-state index contributed by atoms with van der Waals surface area (Å²) < 4.78 is 0. The second kappa shape index (κ2) is 7.93. The molecule has 1 aromatic carbocycles. The summed E-state index contributed by atoms with van der Waals surface area (Å²) in [5.41, 5.74) is 1.09. The molecule has 0 heterocycles. The third-order valence-corrected chi connectivity index (χ3v) is 3.42. The van der Waals surface area contributed by atoms with Crippen LogP contribution in [0.3, 0.4) is 0 Å². The Bertz CT molecular complexity index is 338. The Morgan fingerprint density at radius 3 is 2.47 bits per heavy atom. The first-order valence-corrected chi connectivity index (χ1v) is 6.80. The lowest BCUT2D eigenvalue weighted by Crippen LogP contribution is -2.31. The minimum absolute atomic E-state index is 0.682. The molecule has 0 aliphatic carbocycles. The molecular weight excluding hydrogens is 255 g/mol. The van der Waals surface area contributed by atoms with Crippen LogP contribution in [0.2, 0.25) is 10.0 Å². The van der Waals surface area contributed by atoms with Gasteiger partial charge in [0.2, 0.25) is 0 Å². The van der Waals surface area contributed by atoms with E-state index in [-0.39, 0.29) is 0 Å². The average molecular weight is 275 g/mol. The fourth-order valence-corrected chi connectivity index (χ4v) is 2.14. The quantitative estimate of drug-likeness (QED) is 0.767. The second-order valence-electron chi connectivity index (χ2n) is 3.94. The van der Waals surface area contributed by atoms with E-state index in [4.69, 9.17) is 23.2 Å².